The van der Waals surface area contributed by atoms with Gasteiger partial charge in [0.15, 0.2) is 12.6 Å². The summed E-state index contributed by atoms with van der Waals surface area (Å²) in [7, 11) is 0. The van der Waals surface area contributed by atoms with Gasteiger partial charge in [-0.25, -0.2) is 0 Å². The van der Waals surface area contributed by atoms with E-state index in [1.54, 1.807) is 0 Å². The summed E-state index contributed by atoms with van der Waals surface area (Å²) in [4.78, 5) is 13.0. The van der Waals surface area contributed by atoms with Crippen molar-refractivity contribution < 1.29 is 69.0 Å². The molecule has 2 rings (SSSR count). The summed E-state index contributed by atoms with van der Waals surface area (Å²) in [5, 5.41) is 72.3. The molecule has 0 aromatic rings. The number of aliphatic hydroxyl groups is 7. The van der Waals surface area contributed by atoms with E-state index in [1.807, 2.05) is 0 Å². The molecule has 0 saturated carbocycles. The van der Waals surface area contributed by atoms with Crippen LogP contribution >= 0.6 is 0 Å². The van der Waals surface area contributed by atoms with Crippen molar-refractivity contribution in [2.45, 2.75) is 306 Å². The predicted octanol–water partition coefficient (Wildman–Crippen LogP) is 9.80. The summed E-state index contributed by atoms with van der Waals surface area (Å²) in [5.74, 6) is -0.379. The molecule has 2 saturated heterocycles. The van der Waals surface area contributed by atoms with Gasteiger partial charge in [0.1, 0.15) is 54.9 Å². The predicted molar refractivity (Wildman–Crippen MR) is 275 cm³/mol. The summed E-state index contributed by atoms with van der Waals surface area (Å²) in [5.41, 5.74) is 0. The number of carbonyl (C=O) groups is 1. The van der Waals surface area contributed by atoms with Crippen LogP contribution < -0.4 is 0 Å². The van der Waals surface area contributed by atoms with Gasteiger partial charge in [0, 0.05) is 13.0 Å². The largest absolute Gasteiger partial charge is 0.457 e. The Morgan fingerprint density at radius 1 is 0.457 bits per heavy atom. The van der Waals surface area contributed by atoms with Crippen molar-refractivity contribution in [3.8, 4) is 0 Å². The summed E-state index contributed by atoms with van der Waals surface area (Å²) >= 11 is 0. The van der Waals surface area contributed by atoms with Crippen LogP contribution in [0.3, 0.4) is 0 Å². The maximum Gasteiger partial charge on any atom is 0.306 e. The van der Waals surface area contributed by atoms with Gasteiger partial charge in [0.05, 0.1) is 26.4 Å². The second kappa shape index (κ2) is 44.1. The highest BCUT2D eigenvalue weighted by Crippen LogP contribution is 2.27. The minimum Gasteiger partial charge on any atom is -0.457 e. The van der Waals surface area contributed by atoms with Gasteiger partial charge in [-0.3, -0.25) is 4.79 Å². The number of ether oxygens (including phenoxy) is 6. The minimum atomic E-state index is -1.70. The maximum absolute atomic E-state index is 13.0. The van der Waals surface area contributed by atoms with E-state index in [0.29, 0.717) is 13.0 Å². The second-order valence-electron chi connectivity index (χ2n) is 20.5. The maximum atomic E-state index is 13.0. The van der Waals surface area contributed by atoms with Crippen molar-refractivity contribution in [1.29, 1.82) is 0 Å². The summed E-state index contributed by atoms with van der Waals surface area (Å²) < 4.78 is 34.4. The van der Waals surface area contributed by atoms with Crippen molar-refractivity contribution in [2.75, 3.05) is 33.0 Å². The quantitative estimate of drug-likeness (QED) is 0.0172. The summed E-state index contributed by atoms with van der Waals surface area (Å²) in [6, 6.07) is 0. The molecule has 7 N–H and O–H groups in total. The third kappa shape index (κ3) is 30.8. The molecule has 0 aliphatic carbocycles. The van der Waals surface area contributed by atoms with Crippen LogP contribution in [-0.4, -0.2) is 142 Å². The molecule has 0 aromatic heterocycles. The molecule has 0 radical (unpaired) electrons. The van der Waals surface area contributed by atoms with Gasteiger partial charge in [-0.05, 0) is 38.5 Å². The summed E-state index contributed by atoms with van der Waals surface area (Å²) in [6.07, 6.45) is 31.3. The highest BCUT2D eigenvalue weighted by atomic mass is 16.7. The molecule has 2 heterocycles. The van der Waals surface area contributed by atoms with Crippen molar-refractivity contribution in [3.05, 3.63) is 12.2 Å². The molecule has 2 fully saturated rings. The lowest BCUT2D eigenvalue weighted by Gasteiger charge is -2.42. The molecule has 2 aliphatic rings. The standard InChI is InChI=1S/C56H106O14/c1-3-5-7-9-11-13-15-17-19-21-22-23-24-26-28-30-32-34-36-38-40-65-42-45(68-48(58)39-37-35-33-31-29-27-25-20-18-16-14-12-10-8-6-4-2)43-66-55-54(64)52(62)50(60)47(70-55)44-67-56-53(63)51(61)49(59)46(41-57)69-56/h20,25,45-47,49-57,59-64H,3-19,21-24,26-44H2,1-2H3/b25-20-. The van der Waals surface area contributed by atoms with E-state index < -0.39 is 80.7 Å². The Balaban J connectivity index is 1.72. The van der Waals surface area contributed by atoms with E-state index in [1.165, 1.54) is 154 Å². The van der Waals surface area contributed by atoms with Crippen molar-refractivity contribution in [2.24, 2.45) is 0 Å². The lowest BCUT2D eigenvalue weighted by Crippen LogP contribution is -2.61. The Bertz CT molecular complexity index is 1210. The lowest BCUT2D eigenvalue weighted by atomic mass is 9.98. The highest BCUT2D eigenvalue weighted by molar-refractivity contribution is 5.69. The molecule has 414 valence electrons. The van der Waals surface area contributed by atoms with Crippen LogP contribution in [0.2, 0.25) is 0 Å². The Kier molecular flexibility index (Phi) is 40.8. The van der Waals surface area contributed by atoms with Gasteiger partial charge >= 0.3 is 5.97 Å². The zero-order valence-corrected chi connectivity index (χ0v) is 44.3. The van der Waals surface area contributed by atoms with Gasteiger partial charge in [-0.1, -0.05) is 206 Å². The van der Waals surface area contributed by atoms with Crippen molar-refractivity contribution >= 4 is 5.97 Å². The highest BCUT2D eigenvalue weighted by Gasteiger charge is 2.47. The van der Waals surface area contributed by atoms with Crippen LogP contribution in [-0.2, 0) is 33.2 Å². The van der Waals surface area contributed by atoms with Crippen LogP contribution in [0, 0.1) is 0 Å². The SMILES string of the molecule is CCCCCCCCC/C=C\CCCCCCCC(=O)OC(COCCCCCCCCCCCCCCCCCCCCCC)COC1OC(COC2OC(CO)C(O)C(O)C2O)C(O)C(O)C1O. The number of unbranched alkanes of at least 4 members (excludes halogenated alkanes) is 31. The van der Waals surface area contributed by atoms with E-state index in [-0.39, 0.29) is 25.6 Å². The molecule has 0 bridgehead atoms. The molecular formula is C56H106O14. The molecule has 0 spiro atoms. The number of allylic oxidation sites excluding steroid dienone is 2. The first kappa shape index (κ1) is 64.8. The molecule has 70 heavy (non-hydrogen) atoms. The Morgan fingerprint density at radius 2 is 0.843 bits per heavy atom. The van der Waals surface area contributed by atoms with Crippen molar-refractivity contribution in [3.63, 3.8) is 0 Å². The first-order valence-corrected chi connectivity index (χ1v) is 28.8. The zero-order valence-electron chi connectivity index (χ0n) is 44.3. The molecule has 11 unspecified atom stereocenters. The number of hydrogen-bond donors (Lipinski definition) is 7. The Morgan fingerprint density at radius 3 is 1.30 bits per heavy atom. The first-order chi connectivity index (χ1) is 34.1. The third-order valence-electron chi connectivity index (χ3n) is 14.0. The van der Waals surface area contributed by atoms with Crippen LogP contribution in [0.15, 0.2) is 12.2 Å². The molecule has 14 heteroatoms. The molecule has 0 aromatic carbocycles. The first-order valence-electron chi connectivity index (χ1n) is 28.8. The zero-order chi connectivity index (χ0) is 50.9. The third-order valence-corrected chi connectivity index (χ3v) is 14.0. The van der Waals surface area contributed by atoms with Crippen LogP contribution in [0.4, 0.5) is 0 Å². The smallest absolute Gasteiger partial charge is 0.306 e. The monoisotopic (exact) mass is 1000 g/mol. The average molecular weight is 1000 g/mol. The number of hydrogen-bond acceptors (Lipinski definition) is 14. The summed E-state index contributed by atoms with van der Waals surface area (Å²) in [6.45, 7) is 3.73. The van der Waals surface area contributed by atoms with Gasteiger partial charge < -0.3 is 64.2 Å². The van der Waals surface area contributed by atoms with E-state index in [4.69, 9.17) is 28.4 Å². The fourth-order valence-electron chi connectivity index (χ4n) is 9.34. The van der Waals surface area contributed by atoms with Crippen LogP contribution in [0.1, 0.15) is 239 Å². The van der Waals surface area contributed by atoms with Gasteiger partial charge in [0.25, 0.3) is 0 Å². The molecule has 14 nitrogen and oxygen atoms in total. The minimum absolute atomic E-state index is 0.0645. The molecule has 0 amide bonds. The number of rotatable bonds is 47. The lowest BCUT2D eigenvalue weighted by molar-refractivity contribution is -0.332. The van der Waals surface area contributed by atoms with E-state index >= 15 is 0 Å². The van der Waals surface area contributed by atoms with Gasteiger partial charge in [-0.15, -0.1) is 0 Å². The van der Waals surface area contributed by atoms with E-state index in [0.717, 1.165) is 57.8 Å². The molecular weight excluding hydrogens is 897 g/mol. The fraction of sp³-hybridized carbons (Fsp3) is 0.946. The normalized spacial score (nSPS) is 25.5. The van der Waals surface area contributed by atoms with E-state index in [2.05, 4.69) is 26.0 Å². The van der Waals surface area contributed by atoms with Crippen molar-refractivity contribution in [1.82, 2.24) is 0 Å². The van der Waals surface area contributed by atoms with Gasteiger partial charge in [-0.2, -0.15) is 0 Å². The topological polar surface area (TPSA) is 214 Å². The van der Waals surface area contributed by atoms with Gasteiger partial charge in [0.2, 0.25) is 0 Å². The number of aliphatic hydroxyl groups excluding tert-OH is 7. The van der Waals surface area contributed by atoms with E-state index in [9.17, 15) is 40.5 Å². The fourth-order valence-corrected chi connectivity index (χ4v) is 9.34. The number of carbonyl (C=O) groups excluding carboxylic acids is 1. The van der Waals surface area contributed by atoms with Crippen LogP contribution in [0.25, 0.3) is 0 Å². The Hall–Kier alpha value is -1.27. The molecule has 11 atom stereocenters. The Labute approximate surface area is 425 Å². The average Bonchev–Trinajstić information content (AvgIpc) is 3.36. The van der Waals surface area contributed by atoms with Crippen LogP contribution in [0.5, 0.6) is 0 Å². The molecule has 2 aliphatic heterocycles. The number of esters is 1. The second-order valence-corrected chi connectivity index (χ2v) is 20.5.